The van der Waals surface area contributed by atoms with Crippen molar-refractivity contribution in [2.45, 2.75) is 6.54 Å². The van der Waals surface area contributed by atoms with Crippen LogP contribution in [-0.4, -0.2) is 53.6 Å². The number of halogens is 1. The number of pyridine rings is 2. The molecular formula is C27H25FN4O3. The molecule has 1 fully saturated rings. The number of aromatic nitrogens is 2. The Morgan fingerprint density at radius 1 is 1.00 bits per heavy atom. The maximum absolute atomic E-state index is 14.4. The van der Waals surface area contributed by atoms with Gasteiger partial charge < -0.3 is 14.5 Å². The Morgan fingerprint density at radius 2 is 1.74 bits per heavy atom. The van der Waals surface area contributed by atoms with E-state index in [1.165, 1.54) is 10.6 Å². The van der Waals surface area contributed by atoms with Gasteiger partial charge in [0.05, 0.1) is 19.3 Å². The standard InChI is InChI=1S/C27H25FN4O3/c1-35-24-11-5-4-10-23(24)30-13-15-31(16-14-30)26(33)21-17-19-8-6-12-29-25(19)32(27(21)34)18-20-7-2-3-9-22(20)28/h2-12,17H,13-16,18H2,1H3. The number of anilines is 1. The molecule has 0 spiro atoms. The van der Waals surface area contributed by atoms with E-state index in [9.17, 15) is 14.0 Å². The fourth-order valence-corrected chi connectivity index (χ4v) is 4.52. The zero-order chi connectivity index (χ0) is 24.4. The van der Waals surface area contributed by atoms with E-state index in [-0.39, 0.29) is 18.0 Å². The number of carbonyl (C=O) groups excluding carboxylic acids is 1. The average molecular weight is 473 g/mol. The second-order valence-corrected chi connectivity index (χ2v) is 8.41. The molecule has 1 aliphatic rings. The van der Waals surface area contributed by atoms with Crippen molar-refractivity contribution < 1.29 is 13.9 Å². The SMILES string of the molecule is COc1ccccc1N1CCN(C(=O)c2cc3cccnc3n(Cc3ccccc3F)c2=O)CC1. The third-order valence-electron chi connectivity index (χ3n) is 6.36. The van der Waals surface area contributed by atoms with Crippen LogP contribution in [0.1, 0.15) is 15.9 Å². The number of fused-ring (bicyclic) bond motifs is 1. The first-order valence-corrected chi connectivity index (χ1v) is 11.5. The van der Waals surface area contributed by atoms with E-state index in [0.29, 0.717) is 42.8 Å². The molecule has 7 nitrogen and oxygen atoms in total. The molecule has 35 heavy (non-hydrogen) atoms. The maximum Gasteiger partial charge on any atom is 0.265 e. The third-order valence-corrected chi connectivity index (χ3v) is 6.36. The van der Waals surface area contributed by atoms with E-state index in [4.69, 9.17) is 4.74 Å². The van der Waals surface area contributed by atoms with E-state index in [2.05, 4.69) is 9.88 Å². The monoisotopic (exact) mass is 472 g/mol. The Hall–Kier alpha value is -4.20. The van der Waals surface area contributed by atoms with Gasteiger partial charge in [0.2, 0.25) is 0 Å². The quantitative estimate of drug-likeness (QED) is 0.444. The topological polar surface area (TPSA) is 67.7 Å². The summed E-state index contributed by atoms with van der Waals surface area (Å²) in [6, 6.07) is 19.2. The van der Waals surface area contributed by atoms with Crippen molar-refractivity contribution in [1.82, 2.24) is 14.5 Å². The van der Waals surface area contributed by atoms with E-state index < -0.39 is 11.4 Å². The summed E-state index contributed by atoms with van der Waals surface area (Å²) >= 11 is 0. The van der Waals surface area contributed by atoms with Crippen LogP contribution in [0.4, 0.5) is 10.1 Å². The molecular weight excluding hydrogens is 447 g/mol. The first-order chi connectivity index (χ1) is 17.1. The normalized spacial score (nSPS) is 13.8. The highest BCUT2D eigenvalue weighted by molar-refractivity contribution is 5.97. The lowest BCUT2D eigenvalue weighted by Gasteiger charge is -2.36. The average Bonchev–Trinajstić information content (AvgIpc) is 2.91. The van der Waals surface area contributed by atoms with Crippen molar-refractivity contribution >= 4 is 22.6 Å². The molecule has 0 aliphatic carbocycles. The van der Waals surface area contributed by atoms with Crippen LogP contribution in [0.2, 0.25) is 0 Å². The summed E-state index contributed by atoms with van der Waals surface area (Å²) in [5.74, 6) is 0.0423. The van der Waals surface area contributed by atoms with Crippen LogP contribution < -0.4 is 15.2 Å². The van der Waals surface area contributed by atoms with Crippen LogP contribution in [-0.2, 0) is 6.54 Å². The summed E-state index contributed by atoms with van der Waals surface area (Å²) in [5.41, 5.74) is 1.34. The molecule has 2 aromatic heterocycles. The Morgan fingerprint density at radius 3 is 2.51 bits per heavy atom. The van der Waals surface area contributed by atoms with Gasteiger partial charge in [0.15, 0.2) is 0 Å². The highest BCUT2D eigenvalue weighted by atomic mass is 19.1. The summed E-state index contributed by atoms with van der Waals surface area (Å²) in [5, 5.41) is 0.652. The van der Waals surface area contributed by atoms with Crippen molar-refractivity contribution in [3.8, 4) is 5.75 Å². The van der Waals surface area contributed by atoms with E-state index in [1.54, 1.807) is 54.6 Å². The number of nitrogens with zero attached hydrogens (tertiary/aromatic N) is 4. The summed E-state index contributed by atoms with van der Waals surface area (Å²) in [4.78, 5) is 35.2. The van der Waals surface area contributed by atoms with Gasteiger partial charge in [0.25, 0.3) is 11.5 Å². The predicted molar refractivity (Wildman–Crippen MR) is 133 cm³/mol. The van der Waals surface area contributed by atoms with Gasteiger partial charge in [-0.15, -0.1) is 0 Å². The highest BCUT2D eigenvalue weighted by Gasteiger charge is 2.26. The minimum atomic E-state index is -0.475. The summed E-state index contributed by atoms with van der Waals surface area (Å²) in [7, 11) is 1.64. The number of amides is 1. The second-order valence-electron chi connectivity index (χ2n) is 8.41. The fourth-order valence-electron chi connectivity index (χ4n) is 4.52. The molecule has 1 saturated heterocycles. The number of benzene rings is 2. The molecule has 8 heteroatoms. The minimum absolute atomic E-state index is 0.0122. The Labute approximate surface area is 202 Å². The molecule has 0 atom stereocenters. The number of hydrogen-bond donors (Lipinski definition) is 0. The number of rotatable bonds is 5. The van der Waals surface area contributed by atoms with Gasteiger partial charge in [-0.05, 0) is 36.4 Å². The van der Waals surface area contributed by atoms with E-state index in [1.807, 2.05) is 24.3 Å². The van der Waals surface area contributed by atoms with Gasteiger partial charge in [0.1, 0.15) is 22.8 Å². The van der Waals surface area contributed by atoms with Crippen LogP contribution in [0.25, 0.3) is 11.0 Å². The number of hydrogen-bond acceptors (Lipinski definition) is 5. The molecule has 0 unspecified atom stereocenters. The van der Waals surface area contributed by atoms with Crippen LogP contribution >= 0.6 is 0 Å². The predicted octanol–water partition coefficient (Wildman–Crippen LogP) is 3.55. The molecule has 0 radical (unpaired) electrons. The van der Waals surface area contributed by atoms with Crippen molar-refractivity contribution in [3.05, 3.63) is 100 Å². The lowest BCUT2D eigenvalue weighted by molar-refractivity contribution is 0.0744. The zero-order valence-electron chi connectivity index (χ0n) is 19.4. The van der Waals surface area contributed by atoms with Crippen LogP contribution in [0.15, 0.2) is 77.7 Å². The number of ether oxygens (including phenoxy) is 1. The van der Waals surface area contributed by atoms with Crippen molar-refractivity contribution in [1.29, 1.82) is 0 Å². The van der Waals surface area contributed by atoms with Gasteiger partial charge in [-0.1, -0.05) is 30.3 Å². The molecule has 5 rings (SSSR count). The molecule has 0 bridgehead atoms. The second kappa shape index (κ2) is 9.58. The largest absolute Gasteiger partial charge is 0.495 e. The Kier molecular flexibility index (Phi) is 6.18. The van der Waals surface area contributed by atoms with Gasteiger partial charge in [-0.25, -0.2) is 9.37 Å². The first kappa shape index (κ1) is 22.6. The molecule has 1 amide bonds. The van der Waals surface area contributed by atoms with Crippen molar-refractivity contribution in [2.24, 2.45) is 0 Å². The Bertz CT molecular complexity index is 1440. The fraction of sp³-hybridized carbons (Fsp3) is 0.222. The van der Waals surface area contributed by atoms with Crippen LogP contribution in [0.3, 0.4) is 0 Å². The number of piperazine rings is 1. The number of methoxy groups -OCH3 is 1. The highest BCUT2D eigenvalue weighted by Crippen LogP contribution is 2.28. The van der Waals surface area contributed by atoms with Gasteiger partial charge in [-0.2, -0.15) is 0 Å². The van der Waals surface area contributed by atoms with Gasteiger partial charge >= 0.3 is 0 Å². The maximum atomic E-state index is 14.4. The lowest BCUT2D eigenvalue weighted by Crippen LogP contribution is -2.50. The molecule has 3 heterocycles. The minimum Gasteiger partial charge on any atom is -0.495 e. The van der Waals surface area contributed by atoms with Gasteiger partial charge in [-0.3, -0.25) is 14.2 Å². The number of para-hydroxylation sites is 2. The summed E-state index contributed by atoms with van der Waals surface area (Å²) in [6.45, 7) is 2.15. The first-order valence-electron chi connectivity index (χ1n) is 11.5. The van der Waals surface area contributed by atoms with Crippen LogP contribution in [0, 0.1) is 5.82 Å². The van der Waals surface area contributed by atoms with Crippen LogP contribution in [0.5, 0.6) is 5.75 Å². The molecule has 4 aromatic rings. The zero-order valence-corrected chi connectivity index (χ0v) is 19.4. The molecule has 2 aromatic carbocycles. The number of carbonyl (C=O) groups is 1. The van der Waals surface area contributed by atoms with E-state index >= 15 is 0 Å². The third kappa shape index (κ3) is 4.35. The summed E-state index contributed by atoms with van der Waals surface area (Å²) in [6.07, 6.45) is 1.58. The van der Waals surface area contributed by atoms with Gasteiger partial charge in [0, 0.05) is 43.3 Å². The molecule has 0 saturated carbocycles. The molecule has 0 N–H and O–H groups in total. The lowest BCUT2D eigenvalue weighted by atomic mass is 10.1. The van der Waals surface area contributed by atoms with Crippen molar-refractivity contribution in [3.63, 3.8) is 0 Å². The molecule has 178 valence electrons. The molecule has 1 aliphatic heterocycles. The smallest absolute Gasteiger partial charge is 0.265 e. The van der Waals surface area contributed by atoms with Crippen molar-refractivity contribution in [2.75, 3.05) is 38.2 Å². The summed E-state index contributed by atoms with van der Waals surface area (Å²) < 4.78 is 21.2. The Balaban J connectivity index is 1.44. The van der Waals surface area contributed by atoms with E-state index in [0.717, 1.165) is 11.4 Å².